The van der Waals surface area contributed by atoms with Crippen molar-refractivity contribution in [2.75, 3.05) is 0 Å². The number of hydrogen-bond donors (Lipinski definition) is 0. The molecule has 3 heteroatoms. The Labute approximate surface area is 74.3 Å². The predicted molar refractivity (Wildman–Crippen MR) is 48.4 cm³/mol. The molecule has 0 unspecified atom stereocenters. The fraction of sp³-hybridized carbons (Fsp3) is 0.286. The van der Waals surface area contributed by atoms with Crippen molar-refractivity contribution in [2.45, 2.75) is 13.8 Å². The molecule has 0 aliphatic heterocycles. The van der Waals surface area contributed by atoms with Crippen LogP contribution in [0.1, 0.15) is 11.1 Å². The van der Waals surface area contributed by atoms with E-state index in [1.165, 1.54) is 5.56 Å². The van der Waals surface area contributed by atoms with Gasteiger partial charge in [-0.15, -0.1) is 0 Å². The molecular formula is C7H8INO. The molecule has 0 saturated carbocycles. The molecule has 0 atom stereocenters. The highest BCUT2D eigenvalue weighted by molar-refractivity contribution is 14.1. The minimum atomic E-state index is 0.709. The van der Waals surface area contributed by atoms with Gasteiger partial charge in [0.2, 0.25) is 5.88 Å². The Morgan fingerprint density at radius 1 is 1.50 bits per heavy atom. The largest absolute Gasteiger partial charge is 0.408 e. The average Bonchev–Trinajstić information content (AvgIpc) is 1.95. The molecule has 0 aliphatic carbocycles. The first kappa shape index (κ1) is 7.78. The lowest BCUT2D eigenvalue weighted by molar-refractivity contribution is 0.671. The third-order valence-corrected chi connectivity index (χ3v) is 1.92. The Bertz CT molecular complexity index is 237. The molecule has 0 bridgehead atoms. The van der Waals surface area contributed by atoms with Crippen molar-refractivity contribution in [1.29, 1.82) is 0 Å². The number of hydrogen-bond acceptors (Lipinski definition) is 2. The first-order valence-corrected chi connectivity index (χ1v) is 3.84. The standard InChI is InChI=1S/C7H8INO/c1-5-3-4-9-7(10-8)6(5)2/h3-4H,1-2H3. The maximum absolute atomic E-state index is 4.98. The fourth-order valence-corrected chi connectivity index (χ4v) is 1.13. The normalized spacial score (nSPS) is 9.50. The zero-order valence-corrected chi connectivity index (χ0v) is 8.05. The van der Waals surface area contributed by atoms with Gasteiger partial charge >= 0.3 is 0 Å². The molecule has 0 amide bonds. The first-order chi connectivity index (χ1) is 4.75. The van der Waals surface area contributed by atoms with Crippen LogP contribution in [0.25, 0.3) is 0 Å². The summed E-state index contributed by atoms with van der Waals surface area (Å²) in [4.78, 5) is 4.03. The lowest BCUT2D eigenvalue weighted by Crippen LogP contribution is -1.87. The number of aromatic nitrogens is 1. The Morgan fingerprint density at radius 2 is 2.20 bits per heavy atom. The van der Waals surface area contributed by atoms with Crippen molar-refractivity contribution in [3.63, 3.8) is 0 Å². The Hall–Kier alpha value is -0.320. The van der Waals surface area contributed by atoms with E-state index in [0.717, 1.165) is 5.56 Å². The van der Waals surface area contributed by atoms with E-state index in [9.17, 15) is 0 Å². The zero-order chi connectivity index (χ0) is 7.56. The first-order valence-electron chi connectivity index (χ1n) is 2.96. The van der Waals surface area contributed by atoms with Gasteiger partial charge in [-0.05, 0) is 25.5 Å². The predicted octanol–water partition coefficient (Wildman–Crippen LogP) is 2.43. The molecular weight excluding hydrogens is 241 g/mol. The zero-order valence-electron chi connectivity index (χ0n) is 5.89. The third-order valence-electron chi connectivity index (χ3n) is 1.50. The highest BCUT2D eigenvalue weighted by atomic mass is 127. The van der Waals surface area contributed by atoms with Crippen LogP contribution in [-0.4, -0.2) is 4.98 Å². The molecule has 0 aromatic carbocycles. The quantitative estimate of drug-likeness (QED) is 0.713. The van der Waals surface area contributed by atoms with Crippen LogP contribution in [0.4, 0.5) is 0 Å². The summed E-state index contributed by atoms with van der Waals surface area (Å²) in [6.45, 7) is 4.03. The van der Waals surface area contributed by atoms with E-state index in [1.54, 1.807) is 6.20 Å². The molecule has 10 heavy (non-hydrogen) atoms. The van der Waals surface area contributed by atoms with Crippen LogP contribution in [0.5, 0.6) is 5.88 Å². The summed E-state index contributed by atoms with van der Waals surface area (Å²) in [6, 6.07) is 1.97. The monoisotopic (exact) mass is 249 g/mol. The van der Waals surface area contributed by atoms with E-state index in [1.807, 2.05) is 42.9 Å². The van der Waals surface area contributed by atoms with Crippen molar-refractivity contribution in [3.8, 4) is 5.88 Å². The topological polar surface area (TPSA) is 22.1 Å². The van der Waals surface area contributed by atoms with E-state index in [4.69, 9.17) is 3.07 Å². The van der Waals surface area contributed by atoms with Gasteiger partial charge in [0, 0.05) is 11.8 Å². The lowest BCUT2D eigenvalue weighted by atomic mass is 10.2. The van der Waals surface area contributed by atoms with Gasteiger partial charge in [0.05, 0.1) is 0 Å². The van der Waals surface area contributed by atoms with Gasteiger partial charge in [0.15, 0.2) is 23.0 Å². The van der Waals surface area contributed by atoms with Gasteiger partial charge in [-0.2, -0.15) is 0 Å². The molecule has 0 fully saturated rings. The maximum Gasteiger partial charge on any atom is 0.227 e. The van der Waals surface area contributed by atoms with Gasteiger partial charge in [0.25, 0.3) is 0 Å². The van der Waals surface area contributed by atoms with Crippen LogP contribution < -0.4 is 3.07 Å². The van der Waals surface area contributed by atoms with Crippen LogP contribution in [0.2, 0.25) is 0 Å². The molecule has 0 radical (unpaired) electrons. The van der Waals surface area contributed by atoms with Crippen molar-refractivity contribution in [3.05, 3.63) is 23.4 Å². The lowest BCUT2D eigenvalue weighted by Gasteiger charge is -2.01. The number of halogens is 1. The summed E-state index contributed by atoms with van der Waals surface area (Å²) in [5.74, 6) is 0.709. The van der Waals surface area contributed by atoms with Gasteiger partial charge < -0.3 is 3.07 Å². The Morgan fingerprint density at radius 3 is 2.70 bits per heavy atom. The molecule has 0 aliphatic rings. The number of nitrogens with zero attached hydrogens (tertiary/aromatic N) is 1. The van der Waals surface area contributed by atoms with Crippen LogP contribution in [0, 0.1) is 13.8 Å². The molecule has 1 heterocycles. The SMILES string of the molecule is Cc1ccnc(OI)c1C. The smallest absolute Gasteiger partial charge is 0.227 e. The minimum Gasteiger partial charge on any atom is -0.408 e. The average molecular weight is 249 g/mol. The van der Waals surface area contributed by atoms with Gasteiger partial charge in [0.1, 0.15) is 0 Å². The fourth-order valence-electron chi connectivity index (χ4n) is 0.685. The summed E-state index contributed by atoms with van der Waals surface area (Å²) >= 11 is 1.83. The number of aryl methyl sites for hydroxylation is 1. The van der Waals surface area contributed by atoms with Gasteiger partial charge in [-0.1, -0.05) is 0 Å². The van der Waals surface area contributed by atoms with Crippen molar-refractivity contribution in [1.82, 2.24) is 4.98 Å². The number of pyridine rings is 1. The summed E-state index contributed by atoms with van der Waals surface area (Å²) in [5.41, 5.74) is 2.32. The molecule has 1 aromatic rings. The van der Waals surface area contributed by atoms with Crippen molar-refractivity contribution in [2.24, 2.45) is 0 Å². The van der Waals surface area contributed by atoms with E-state index in [0.29, 0.717) is 5.88 Å². The van der Waals surface area contributed by atoms with E-state index >= 15 is 0 Å². The van der Waals surface area contributed by atoms with Crippen LogP contribution in [0.15, 0.2) is 12.3 Å². The van der Waals surface area contributed by atoms with Gasteiger partial charge in [-0.3, -0.25) is 0 Å². The highest BCUT2D eigenvalue weighted by Crippen LogP contribution is 2.18. The molecule has 0 spiro atoms. The molecule has 0 N–H and O–H groups in total. The minimum absolute atomic E-state index is 0.709. The van der Waals surface area contributed by atoms with Gasteiger partial charge in [-0.25, -0.2) is 4.98 Å². The third kappa shape index (κ3) is 1.39. The Balaban J connectivity index is 3.14. The van der Waals surface area contributed by atoms with Crippen molar-refractivity contribution >= 4 is 23.0 Å². The van der Waals surface area contributed by atoms with E-state index in [2.05, 4.69) is 4.98 Å². The van der Waals surface area contributed by atoms with E-state index in [-0.39, 0.29) is 0 Å². The molecule has 54 valence electrons. The van der Waals surface area contributed by atoms with Crippen LogP contribution >= 0.6 is 23.0 Å². The highest BCUT2D eigenvalue weighted by Gasteiger charge is 2.00. The van der Waals surface area contributed by atoms with Crippen LogP contribution in [-0.2, 0) is 0 Å². The van der Waals surface area contributed by atoms with Crippen molar-refractivity contribution < 1.29 is 3.07 Å². The second kappa shape index (κ2) is 3.18. The molecule has 1 rings (SSSR count). The molecule has 2 nitrogen and oxygen atoms in total. The summed E-state index contributed by atoms with van der Waals surface area (Å²) in [7, 11) is 0. The molecule has 1 aromatic heterocycles. The summed E-state index contributed by atoms with van der Waals surface area (Å²) in [6.07, 6.45) is 1.75. The summed E-state index contributed by atoms with van der Waals surface area (Å²) in [5, 5.41) is 0. The van der Waals surface area contributed by atoms with Crippen LogP contribution in [0.3, 0.4) is 0 Å². The summed E-state index contributed by atoms with van der Waals surface area (Å²) < 4.78 is 4.98. The second-order valence-electron chi connectivity index (χ2n) is 2.14. The Kier molecular flexibility index (Phi) is 2.48. The van der Waals surface area contributed by atoms with E-state index < -0.39 is 0 Å². The molecule has 0 saturated heterocycles. The number of rotatable bonds is 1. The second-order valence-corrected chi connectivity index (χ2v) is 2.58. The maximum atomic E-state index is 4.98.